The van der Waals surface area contributed by atoms with Crippen LogP contribution in [-0.4, -0.2) is 43.6 Å². The van der Waals surface area contributed by atoms with Crippen molar-refractivity contribution in [3.05, 3.63) is 22.4 Å². The van der Waals surface area contributed by atoms with E-state index in [0.29, 0.717) is 0 Å². The lowest BCUT2D eigenvalue weighted by molar-refractivity contribution is -0.403. The molecule has 0 amide bonds. The van der Waals surface area contributed by atoms with Gasteiger partial charge in [0.2, 0.25) is 6.20 Å². The van der Waals surface area contributed by atoms with Crippen molar-refractivity contribution in [3.8, 4) is 0 Å². The van der Waals surface area contributed by atoms with Gasteiger partial charge in [0.25, 0.3) is 0 Å². The molecule has 0 aromatic heterocycles. The highest BCUT2D eigenvalue weighted by molar-refractivity contribution is 6.74. The number of nitro groups is 1. The maximum Gasteiger partial charge on any atom is 0.233 e. The summed E-state index contributed by atoms with van der Waals surface area (Å²) in [6.07, 6.45) is 0.371. The van der Waals surface area contributed by atoms with Crippen LogP contribution in [0.25, 0.3) is 0 Å². The number of rotatable bonds is 4. The number of hydrogen-bond acceptors (Lipinski definition) is 6. The highest BCUT2D eigenvalue weighted by Crippen LogP contribution is 2.44. The molecule has 0 spiro atoms. The largest absolute Gasteiger partial charge is 0.408 e. The zero-order valence-electron chi connectivity index (χ0n) is 14.9. The van der Waals surface area contributed by atoms with Gasteiger partial charge in [-0.1, -0.05) is 20.8 Å². The Hall–Kier alpha value is -0.803. The second-order valence-corrected chi connectivity index (χ2v) is 12.8. The second-order valence-electron chi connectivity index (χ2n) is 8.04. The van der Waals surface area contributed by atoms with E-state index in [4.69, 9.17) is 18.6 Å². The van der Waals surface area contributed by atoms with Gasteiger partial charge in [-0.2, -0.15) is 0 Å². The van der Waals surface area contributed by atoms with Crippen LogP contribution >= 0.6 is 0 Å². The molecule has 0 bridgehead atoms. The molecule has 2 saturated heterocycles. The summed E-state index contributed by atoms with van der Waals surface area (Å²) in [4.78, 5) is 10.1. The predicted octanol–water partition coefficient (Wildman–Crippen LogP) is 3.04. The van der Waals surface area contributed by atoms with Crippen molar-refractivity contribution in [3.63, 3.8) is 0 Å². The average molecular weight is 345 g/mol. The minimum absolute atomic E-state index is 0.0113. The number of hydrogen-bond donors (Lipinski definition) is 0. The van der Waals surface area contributed by atoms with Crippen LogP contribution in [0.2, 0.25) is 18.1 Å². The topological polar surface area (TPSA) is 80.1 Å². The molecule has 0 saturated carbocycles. The van der Waals surface area contributed by atoms with Crippen LogP contribution in [0.3, 0.4) is 0 Å². The zero-order chi connectivity index (χ0) is 17.6. The summed E-state index contributed by atoms with van der Waals surface area (Å²) in [5, 5.41) is 10.6. The van der Waals surface area contributed by atoms with E-state index in [2.05, 4.69) is 33.9 Å². The van der Waals surface area contributed by atoms with Gasteiger partial charge in [-0.3, -0.25) is 10.1 Å². The van der Waals surface area contributed by atoms with E-state index in [1.165, 1.54) is 6.08 Å². The fraction of sp³-hybridized carbons (Fsp3) is 0.867. The zero-order valence-corrected chi connectivity index (χ0v) is 15.9. The maximum absolute atomic E-state index is 10.6. The quantitative estimate of drug-likeness (QED) is 0.442. The Bertz CT molecular complexity index is 499. The molecule has 0 aromatic carbocycles. The van der Waals surface area contributed by atoms with Gasteiger partial charge in [0.05, 0.1) is 4.92 Å². The normalized spacial score (nSPS) is 34.0. The first-order chi connectivity index (χ1) is 10.3. The molecule has 2 heterocycles. The third kappa shape index (κ3) is 4.00. The van der Waals surface area contributed by atoms with E-state index in [9.17, 15) is 10.1 Å². The minimum atomic E-state index is -2.09. The molecule has 4 atom stereocenters. The predicted molar refractivity (Wildman–Crippen MR) is 86.9 cm³/mol. The number of ether oxygens (including phenoxy) is 3. The van der Waals surface area contributed by atoms with Crippen LogP contribution < -0.4 is 0 Å². The Morgan fingerprint density at radius 3 is 2.39 bits per heavy atom. The van der Waals surface area contributed by atoms with E-state index in [0.717, 1.165) is 6.20 Å². The summed E-state index contributed by atoms with van der Waals surface area (Å²) >= 11 is 0. The van der Waals surface area contributed by atoms with Crippen LogP contribution in [0.1, 0.15) is 34.6 Å². The molecule has 0 aromatic rings. The number of fused-ring (bicyclic) bond motifs is 1. The van der Waals surface area contributed by atoms with Gasteiger partial charge in [0.15, 0.2) is 20.4 Å². The van der Waals surface area contributed by atoms with E-state index >= 15 is 0 Å². The number of nitrogens with zero attached hydrogens (tertiary/aromatic N) is 1. The Morgan fingerprint density at radius 2 is 1.87 bits per heavy atom. The van der Waals surface area contributed by atoms with Crippen LogP contribution in [0.15, 0.2) is 12.3 Å². The summed E-state index contributed by atoms with van der Waals surface area (Å²) in [7, 11) is -2.09. The Balaban J connectivity index is 2.23. The van der Waals surface area contributed by atoms with Gasteiger partial charge < -0.3 is 18.6 Å². The summed E-state index contributed by atoms with van der Waals surface area (Å²) in [6, 6.07) is 0. The molecule has 2 aliphatic rings. The van der Waals surface area contributed by atoms with E-state index in [1.54, 1.807) is 0 Å². The lowest BCUT2D eigenvalue weighted by Crippen LogP contribution is -2.49. The molecular weight excluding hydrogens is 318 g/mol. The van der Waals surface area contributed by atoms with Crippen LogP contribution in [0.5, 0.6) is 0 Å². The molecule has 2 fully saturated rings. The highest BCUT2D eigenvalue weighted by atomic mass is 28.4. The van der Waals surface area contributed by atoms with Crippen molar-refractivity contribution in [2.24, 2.45) is 0 Å². The Morgan fingerprint density at radius 1 is 1.26 bits per heavy atom. The molecule has 2 aliphatic heterocycles. The molecule has 0 unspecified atom stereocenters. The van der Waals surface area contributed by atoms with Gasteiger partial charge >= 0.3 is 0 Å². The maximum atomic E-state index is 10.6. The first-order valence-electron chi connectivity index (χ1n) is 7.83. The third-order valence-electron chi connectivity index (χ3n) is 4.66. The van der Waals surface area contributed by atoms with E-state index in [1.807, 2.05) is 13.8 Å². The van der Waals surface area contributed by atoms with Crippen LogP contribution in [-0.2, 0) is 18.6 Å². The molecule has 8 heteroatoms. The van der Waals surface area contributed by atoms with Crippen molar-refractivity contribution >= 4 is 8.32 Å². The van der Waals surface area contributed by atoms with Crippen molar-refractivity contribution in [2.75, 3.05) is 0 Å². The Labute approximate surface area is 138 Å². The second kappa shape index (κ2) is 5.93. The molecule has 0 radical (unpaired) electrons. The lowest BCUT2D eigenvalue weighted by Gasteiger charge is -2.40. The van der Waals surface area contributed by atoms with Crippen LogP contribution in [0.4, 0.5) is 0 Å². The van der Waals surface area contributed by atoms with Gasteiger partial charge in [-0.05, 0) is 32.0 Å². The highest BCUT2D eigenvalue weighted by Gasteiger charge is 2.57. The fourth-order valence-corrected chi connectivity index (χ4v) is 3.77. The van der Waals surface area contributed by atoms with E-state index in [-0.39, 0.29) is 11.1 Å². The van der Waals surface area contributed by atoms with Gasteiger partial charge in [-0.15, -0.1) is 0 Å². The molecule has 132 valence electrons. The summed E-state index contributed by atoms with van der Waals surface area (Å²) < 4.78 is 23.9. The monoisotopic (exact) mass is 345 g/mol. The van der Waals surface area contributed by atoms with Crippen molar-refractivity contribution in [2.45, 2.75) is 83.1 Å². The smallest absolute Gasteiger partial charge is 0.233 e. The van der Waals surface area contributed by atoms with Gasteiger partial charge in [-0.25, -0.2) is 0 Å². The molecule has 7 nitrogen and oxygen atoms in total. The molecule has 0 aliphatic carbocycles. The molecule has 23 heavy (non-hydrogen) atoms. The lowest BCUT2D eigenvalue weighted by atomic mass is 10.1. The first-order valence-corrected chi connectivity index (χ1v) is 10.7. The van der Waals surface area contributed by atoms with Crippen molar-refractivity contribution in [1.82, 2.24) is 0 Å². The van der Waals surface area contributed by atoms with Gasteiger partial charge in [0, 0.05) is 6.08 Å². The van der Waals surface area contributed by atoms with Crippen LogP contribution in [0, 0.1) is 10.1 Å². The SMILES string of the molecule is CC1(C)O[C@H]2O[C@@H](/C=C/[N+](=O)[O-])[C@H](O[Si](C)(C)C(C)(C)C)[C@H]2O1. The molecule has 2 rings (SSSR count). The standard InChI is InChI=1S/C15H27NO6Si/c1-14(2,3)23(6,7)22-11-10(8-9-16(17)18)19-13-12(11)20-15(4,5)21-13/h8-13H,1-7H3/b9-8+/t10-,11-,12+,13+/m0/s1. The summed E-state index contributed by atoms with van der Waals surface area (Å²) in [5.74, 6) is -0.748. The van der Waals surface area contributed by atoms with Crippen molar-refractivity contribution in [1.29, 1.82) is 0 Å². The third-order valence-corrected chi connectivity index (χ3v) is 9.14. The Kier molecular flexibility index (Phi) is 4.78. The summed E-state index contributed by atoms with van der Waals surface area (Å²) in [6.45, 7) is 14.3. The first kappa shape index (κ1) is 18.5. The molecular formula is C15H27NO6Si. The fourth-order valence-electron chi connectivity index (χ4n) is 2.47. The van der Waals surface area contributed by atoms with E-state index < -0.39 is 37.5 Å². The van der Waals surface area contributed by atoms with Crippen molar-refractivity contribution < 1.29 is 23.6 Å². The summed E-state index contributed by atoms with van der Waals surface area (Å²) in [5.41, 5.74) is 0. The average Bonchev–Trinajstić information content (AvgIpc) is 2.79. The minimum Gasteiger partial charge on any atom is -0.408 e. The molecule has 0 N–H and O–H groups in total. The van der Waals surface area contributed by atoms with Gasteiger partial charge in [0.1, 0.15) is 18.3 Å².